The first-order valence-corrected chi connectivity index (χ1v) is 9.93. The van der Waals surface area contributed by atoms with E-state index in [1.54, 1.807) is 4.90 Å². The Labute approximate surface area is 156 Å². The molecule has 146 valence electrons. The largest absolute Gasteiger partial charge is 0.482 e. The maximum absolute atomic E-state index is 12.6. The molecule has 26 heavy (non-hydrogen) atoms. The summed E-state index contributed by atoms with van der Waals surface area (Å²) in [5.74, 6) is 0.858. The maximum atomic E-state index is 12.6. The van der Waals surface area contributed by atoms with E-state index in [0.717, 1.165) is 6.42 Å². The fourth-order valence-corrected chi connectivity index (χ4v) is 5.69. The second-order valence-corrected chi connectivity index (χ2v) is 10.4. The van der Waals surface area contributed by atoms with Crippen LogP contribution in [0.4, 0.5) is 4.79 Å². The van der Waals surface area contributed by atoms with Crippen molar-refractivity contribution in [1.29, 1.82) is 0 Å². The predicted molar refractivity (Wildman–Crippen MR) is 97.5 cm³/mol. The van der Waals surface area contributed by atoms with Crippen molar-refractivity contribution in [2.45, 2.75) is 90.2 Å². The van der Waals surface area contributed by atoms with Gasteiger partial charge in [0, 0.05) is 6.54 Å². The van der Waals surface area contributed by atoms with Crippen molar-refractivity contribution in [1.82, 2.24) is 4.90 Å². The normalized spacial score (nSPS) is 43.9. The average molecular weight is 365 g/mol. The van der Waals surface area contributed by atoms with Gasteiger partial charge in [0.15, 0.2) is 0 Å². The van der Waals surface area contributed by atoms with Crippen LogP contribution >= 0.6 is 0 Å². The topological polar surface area (TPSA) is 68.2 Å². The summed E-state index contributed by atoms with van der Waals surface area (Å²) < 4.78 is 18.4. The van der Waals surface area contributed by atoms with Gasteiger partial charge in [-0.3, -0.25) is 0 Å². The molecule has 2 saturated heterocycles. The first kappa shape index (κ1) is 18.6. The van der Waals surface area contributed by atoms with Gasteiger partial charge in [0.2, 0.25) is 0 Å². The zero-order valence-corrected chi connectivity index (χ0v) is 16.8. The van der Waals surface area contributed by atoms with E-state index < -0.39 is 24.9 Å². The minimum absolute atomic E-state index is 0.0718. The van der Waals surface area contributed by atoms with Crippen molar-refractivity contribution in [2.24, 2.45) is 17.3 Å². The van der Waals surface area contributed by atoms with Gasteiger partial charge >= 0.3 is 13.2 Å². The number of hydrogen-bond acceptors (Lipinski definition) is 5. The highest BCUT2D eigenvalue weighted by molar-refractivity contribution is 6.48. The van der Waals surface area contributed by atoms with Crippen LogP contribution in [0, 0.1) is 17.3 Å². The Morgan fingerprint density at radius 3 is 2.54 bits per heavy atom. The van der Waals surface area contributed by atoms with E-state index >= 15 is 0 Å². The third kappa shape index (κ3) is 2.69. The van der Waals surface area contributed by atoms with Crippen molar-refractivity contribution in [3.8, 4) is 0 Å². The Bertz CT molecular complexity index is 605. The van der Waals surface area contributed by atoms with Crippen molar-refractivity contribution in [3.63, 3.8) is 0 Å². The van der Waals surface area contributed by atoms with Crippen LogP contribution in [0.25, 0.3) is 0 Å². The fourth-order valence-electron chi connectivity index (χ4n) is 5.69. The zero-order chi connectivity index (χ0) is 19.1. The fraction of sp³-hybridized carbons (Fsp3) is 0.947. The second-order valence-electron chi connectivity index (χ2n) is 10.4. The van der Waals surface area contributed by atoms with Gasteiger partial charge in [-0.15, -0.1) is 0 Å². The van der Waals surface area contributed by atoms with E-state index in [2.05, 4.69) is 20.8 Å². The summed E-state index contributed by atoms with van der Waals surface area (Å²) in [6, 6.07) is 0. The Hall–Kier alpha value is -0.785. The molecule has 2 heterocycles. The van der Waals surface area contributed by atoms with Crippen LogP contribution in [0.3, 0.4) is 0 Å². The van der Waals surface area contributed by atoms with Gasteiger partial charge in [-0.1, -0.05) is 13.8 Å². The second kappa shape index (κ2) is 5.61. The van der Waals surface area contributed by atoms with Gasteiger partial charge in [0.05, 0.1) is 23.8 Å². The SMILES string of the molecule is CC(C)(C)OC(=O)N1C[C@@H](O)C[C@H]1B1OC2CC3CC(C3(C)C)[C@]2(C)O1. The van der Waals surface area contributed by atoms with Gasteiger partial charge in [-0.2, -0.15) is 0 Å². The minimum Gasteiger partial charge on any atom is -0.444 e. The molecule has 1 amide bonds. The quantitative estimate of drug-likeness (QED) is 0.724. The van der Waals surface area contributed by atoms with Crippen molar-refractivity contribution >= 4 is 13.2 Å². The Morgan fingerprint density at radius 2 is 1.92 bits per heavy atom. The average Bonchev–Trinajstić information content (AvgIpc) is 3.04. The zero-order valence-electron chi connectivity index (χ0n) is 16.8. The van der Waals surface area contributed by atoms with Crippen molar-refractivity contribution in [3.05, 3.63) is 0 Å². The number of likely N-dealkylation sites (tertiary alicyclic amines) is 1. The van der Waals surface area contributed by atoms with E-state index in [4.69, 9.17) is 14.0 Å². The van der Waals surface area contributed by atoms with Crippen LogP contribution in [-0.4, -0.2) is 59.1 Å². The third-order valence-electron chi connectivity index (χ3n) is 7.23. The summed E-state index contributed by atoms with van der Waals surface area (Å²) in [4.78, 5) is 14.2. The molecular formula is C19H32BNO5. The highest BCUT2D eigenvalue weighted by atomic mass is 16.7. The summed E-state index contributed by atoms with van der Waals surface area (Å²) in [6.45, 7) is 12.6. The Morgan fingerprint density at radius 1 is 1.23 bits per heavy atom. The number of rotatable bonds is 1. The number of nitrogens with zero attached hydrogens (tertiary/aromatic N) is 1. The van der Waals surface area contributed by atoms with Crippen LogP contribution in [0.5, 0.6) is 0 Å². The highest BCUT2D eigenvalue weighted by Gasteiger charge is 2.69. The number of ether oxygens (including phenoxy) is 1. The molecule has 5 rings (SSSR count). The van der Waals surface area contributed by atoms with Crippen LogP contribution in [0.2, 0.25) is 0 Å². The highest BCUT2D eigenvalue weighted by Crippen LogP contribution is 2.65. The minimum atomic E-state index is -0.572. The summed E-state index contributed by atoms with van der Waals surface area (Å²) in [5.41, 5.74) is -0.600. The molecule has 0 aromatic rings. The molecule has 0 aromatic heterocycles. The van der Waals surface area contributed by atoms with Crippen LogP contribution in [0.15, 0.2) is 0 Å². The van der Waals surface area contributed by atoms with E-state index in [0.29, 0.717) is 18.3 Å². The number of amides is 1. The lowest BCUT2D eigenvalue weighted by Gasteiger charge is -2.64. The van der Waals surface area contributed by atoms with Crippen LogP contribution in [0.1, 0.15) is 60.8 Å². The van der Waals surface area contributed by atoms with Crippen molar-refractivity contribution < 1.29 is 23.9 Å². The molecule has 0 spiro atoms. The molecule has 3 aliphatic carbocycles. The monoisotopic (exact) mass is 365 g/mol. The van der Waals surface area contributed by atoms with Gasteiger partial charge in [0.1, 0.15) is 5.60 Å². The van der Waals surface area contributed by atoms with Crippen molar-refractivity contribution in [2.75, 3.05) is 6.54 Å². The maximum Gasteiger partial charge on any atom is 0.482 e. The molecule has 6 atom stereocenters. The molecule has 0 radical (unpaired) electrons. The number of hydrogen-bond donors (Lipinski definition) is 1. The molecule has 5 aliphatic rings. The first-order valence-electron chi connectivity index (χ1n) is 9.93. The number of carbonyl (C=O) groups excluding carboxylic acids is 1. The Balaban J connectivity index is 1.51. The molecular weight excluding hydrogens is 333 g/mol. The van der Waals surface area contributed by atoms with Crippen LogP contribution < -0.4 is 0 Å². The lowest BCUT2D eigenvalue weighted by atomic mass is 9.43. The van der Waals surface area contributed by atoms with Gasteiger partial charge in [-0.25, -0.2) is 4.79 Å². The molecule has 2 bridgehead atoms. The molecule has 6 nitrogen and oxygen atoms in total. The smallest absolute Gasteiger partial charge is 0.444 e. The van der Waals surface area contributed by atoms with E-state index in [-0.39, 0.29) is 29.6 Å². The summed E-state index contributed by atoms with van der Waals surface area (Å²) in [7, 11) is -0.496. The molecule has 3 saturated carbocycles. The molecule has 5 fully saturated rings. The lowest BCUT2D eigenvalue weighted by Crippen LogP contribution is -2.65. The third-order valence-corrected chi connectivity index (χ3v) is 7.23. The number of aliphatic hydroxyl groups is 1. The molecule has 2 aliphatic heterocycles. The number of β-amino-alcohol motifs (C(OH)–C–C–N with tert-alkyl or cyclic N) is 1. The van der Waals surface area contributed by atoms with Gasteiger partial charge in [-0.05, 0) is 64.2 Å². The number of carbonyl (C=O) groups is 1. The molecule has 7 heteroatoms. The summed E-state index contributed by atoms with van der Waals surface area (Å²) in [5, 5.41) is 10.2. The number of aliphatic hydroxyl groups excluding tert-OH is 1. The van der Waals surface area contributed by atoms with Gasteiger partial charge < -0.3 is 24.1 Å². The van der Waals surface area contributed by atoms with E-state index in [1.165, 1.54) is 6.42 Å². The molecule has 3 unspecified atom stereocenters. The summed E-state index contributed by atoms with van der Waals surface area (Å²) in [6.07, 6.45) is 1.76. The van der Waals surface area contributed by atoms with E-state index in [9.17, 15) is 9.90 Å². The molecule has 1 N–H and O–H groups in total. The Kier molecular flexibility index (Phi) is 4.01. The van der Waals surface area contributed by atoms with Crippen LogP contribution in [-0.2, 0) is 14.0 Å². The molecule has 0 aromatic carbocycles. The standard InChI is InChI=1S/C19H32BNO5/c1-17(2,3)24-16(23)21-10-12(22)9-15(21)20-25-14-8-11-7-13(18(11,4)5)19(14,6)26-20/h11-15,22H,7-10H2,1-6H3/t11?,12-,13?,14?,15-,19-/m0/s1. The predicted octanol–water partition coefficient (Wildman–Crippen LogP) is 2.62. The van der Waals surface area contributed by atoms with E-state index in [1.807, 2.05) is 20.8 Å². The van der Waals surface area contributed by atoms with Gasteiger partial charge in [0.25, 0.3) is 0 Å². The lowest BCUT2D eigenvalue weighted by molar-refractivity contribution is -0.199. The first-order chi connectivity index (χ1) is 11.9. The summed E-state index contributed by atoms with van der Waals surface area (Å²) >= 11 is 0.